The molecule has 2 atom stereocenters. The Morgan fingerprint density at radius 2 is 1.84 bits per heavy atom. The first-order chi connectivity index (χ1) is 14.5. The molecule has 1 saturated carbocycles. The van der Waals surface area contributed by atoms with Crippen LogP contribution in [0.3, 0.4) is 0 Å². The lowest BCUT2D eigenvalue weighted by Crippen LogP contribution is -2.29. The highest BCUT2D eigenvalue weighted by molar-refractivity contribution is 9.10. The number of anilines is 2. The van der Waals surface area contributed by atoms with Crippen LogP contribution in [0.25, 0.3) is 11.0 Å². The molecule has 3 nitrogen and oxygen atoms in total. The molecular weight excluding hydrogens is 487 g/mol. The van der Waals surface area contributed by atoms with E-state index in [0.29, 0.717) is 17.6 Å². The van der Waals surface area contributed by atoms with Crippen LogP contribution in [0.4, 0.5) is 24.8 Å². The lowest BCUT2D eigenvalue weighted by molar-refractivity contribution is -0.0328. The summed E-state index contributed by atoms with van der Waals surface area (Å²) < 4.78 is 41.1. The normalized spacial score (nSPS) is 21.4. The lowest BCUT2D eigenvalue weighted by atomic mass is 9.70. The molecule has 3 aromatic rings. The Hall–Kier alpha value is -1.67. The van der Waals surface area contributed by atoms with Crippen molar-refractivity contribution in [2.45, 2.75) is 56.5 Å². The van der Waals surface area contributed by atoms with Gasteiger partial charge in [-0.3, -0.25) is 0 Å². The third-order valence-corrected chi connectivity index (χ3v) is 6.96. The fraction of sp³-hybridized carbons (Fsp3) is 0.435. The summed E-state index contributed by atoms with van der Waals surface area (Å²) in [5.74, 6) is 1.33. The molecule has 0 aliphatic heterocycles. The molecule has 0 radical (unpaired) electrons. The van der Waals surface area contributed by atoms with E-state index in [9.17, 15) is 13.2 Å². The summed E-state index contributed by atoms with van der Waals surface area (Å²) in [6, 6.07) is 12.7. The Bertz CT molecular complexity index is 1080. The maximum atomic E-state index is 12.6. The van der Waals surface area contributed by atoms with Crippen molar-refractivity contribution in [1.82, 2.24) is 9.55 Å². The Balaban J connectivity index is 1.70. The summed E-state index contributed by atoms with van der Waals surface area (Å²) in [5.41, 5.74) is -1.39. The minimum absolute atomic E-state index is 0.107. The molecule has 1 aliphatic carbocycles. The maximum Gasteiger partial charge on any atom is 0.446 e. The van der Waals surface area contributed by atoms with Gasteiger partial charge >= 0.3 is 5.51 Å². The van der Waals surface area contributed by atoms with Crippen molar-refractivity contribution in [3.05, 3.63) is 46.9 Å². The van der Waals surface area contributed by atoms with Gasteiger partial charge in [0.25, 0.3) is 0 Å². The molecular formula is C23H25BrF3N3S. The number of hydrogen-bond donors (Lipinski definition) is 1. The highest BCUT2D eigenvalue weighted by atomic mass is 79.9. The Kier molecular flexibility index (Phi) is 6.07. The number of aromatic nitrogens is 2. The highest BCUT2D eigenvalue weighted by Gasteiger charge is 2.34. The SMILES string of the molecule is CC1CC(n2c(Nc3ccc(SC(F)(F)F)cc3)nc3cc(Br)ccc32)CC(C)(C)C1. The van der Waals surface area contributed by atoms with E-state index in [4.69, 9.17) is 4.98 Å². The van der Waals surface area contributed by atoms with Gasteiger partial charge in [0, 0.05) is 21.1 Å². The van der Waals surface area contributed by atoms with Gasteiger partial charge in [-0.25, -0.2) is 4.98 Å². The van der Waals surface area contributed by atoms with Gasteiger partial charge in [0.05, 0.1) is 11.0 Å². The molecule has 4 rings (SSSR count). The number of fused-ring (bicyclic) bond motifs is 1. The quantitative estimate of drug-likeness (QED) is 0.355. The number of benzene rings is 2. The summed E-state index contributed by atoms with van der Waals surface area (Å²) >= 11 is 3.42. The number of hydrogen-bond acceptors (Lipinski definition) is 3. The van der Waals surface area contributed by atoms with E-state index in [2.05, 4.69) is 52.7 Å². The van der Waals surface area contributed by atoms with Gasteiger partial charge < -0.3 is 9.88 Å². The summed E-state index contributed by atoms with van der Waals surface area (Å²) in [4.78, 5) is 5.00. The fourth-order valence-electron chi connectivity index (χ4n) is 4.89. The van der Waals surface area contributed by atoms with E-state index in [1.807, 2.05) is 12.1 Å². The molecule has 8 heteroatoms. The topological polar surface area (TPSA) is 29.9 Å². The Labute approximate surface area is 192 Å². The van der Waals surface area contributed by atoms with Crippen molar-refractivity contribution in [3.63, 3.8) is 0 Å². The maximum absolute atomic E-state index is 12.6. The Morgan fingerprint density at radius 3 is 2.48 bits per heavy atom. The van der Waals surface area contributed by atoms with Gasteiger partial charge in [0.15, 0.2) is 0 Å². The second-order valence-corrected chi connectivity index (χ2v) is 11.3. The molecule has 1 aromatic heterocycles. The first kappa shape index (κ1) is 22.5. The summed E-state index contributed by atoms with van der Waals surface area (Å²) in [6.45, 7) is 6.93. The van der Waals surface area contributed by atoms with Crippen LogP contribution in [0.2, 0.25) is 0 Å². The highest BCUT2D eigenvalue weighted by Crippen LogP contribution is 2.46. The van der Waals surface area contributed by atoms with Crippen LogP contribution in [0.1, 0.15) is 46.1 Å². The zero-order valence-electron chi connectivity index (χ0n) is 17.6. The van der Waals surface area contributed by atoms with Crippen molar-refractivity contribution in [1.29, 1.82) is 0 Å². The van der Waals surface area contributed by atoms with Crippen molar-refractivity contribution in [3.8, 4) is 0 Å². The number of alkyl halides is 3. The standard InChI is InChI=1S/C23H25BrF3N3S/c1-14-10-17(13-22(2,3)12-14)30-20-9-4-15(24)11-19(20)29-21(30)28-16-5-7-18(8-6-16)31-23(25,26)27/h4-9,11,14,17H,10,12-13H2,1-3H3,(H,28,29). The van der Waals surface area contributed by atoms with Crippen LogP contribution < -0.4 is 5.32 Å². The number of nitrogens with zero attached hydrogens (tertiary/aromatic N) is 2. The molecule has 166 valence electrons. The second kappa shape index (κ2) is 8.35. The van der Waals surface area contributed by atoms with E-state index in [0.717, 1.165) is 34.3 Å². The van der Waals surface area contributed by atoms with E-state index in [1.54, 1.807) is 12.1 Å². The monoisotopic (exact) mass is 511 g/mol. The molecule has 31 heavy (non-hydrogen) atoms. The lowest BCUT2D eigenvalue weighted by Gasteiger charge is -2.40. The zero-order chi connectivity index (χ0) is 22.4. The smallest absolute Gasteiger partial charge is 0.326 e. The van der Waals surface area contributed by atoms with Crippen LogP contribution >= 0.6 is 27.7 Å². The van der Waals surface area contributed by atoms with E-state index in [1.165, 1.54) is 18.6 Å². The first-order valence-electron chi connectivity index (χ1n) is 10.3. The van der Waals surface area contributed by atoms with Gasteiger partial charge in [0.2, 0.25) is 5.95 Å². The summed E-state index contributed by atoms with van der Waals surface area (Å²) in [6.07, 6.45) is 3.32. The number of imidazole rings is 1. The van der Waals surface area contributed by atoms with Gasteiger partial charge in [0.1, 0.15) is 0 Å². The molecule has 2 unspecified atom stereocenters. The van der Waals surface area contributed by atoms with Gasteiger partial charge in [-0.2, -0.15) is 13.2 Å². The van der Waals surface area contributed by atoms with Crippen molar-refractivity contribution >= 4 is 50.4 Å². The van der Waals surface area contributed by atoms with Crippen molar-refractivity contribution in [2.24, 2.45) is 11.3 Å². The number of halogens is 4. The van der Waals surface area contributed by atoms with E-state index in [-0.39, 0.29) is 22.1 Å². The summed E-state index contributed by atoms with van der Waals surface area (Å²) in [5, 5.41) is 3.36. The minimum Gasteiger partial charge on any atom is -0.326 e. The molecule has 0 bridgehead atoms. The van der Waals surface area contributed by atoms with Crippen LogP contribution in [0, 0.1) is 11.3 Å². The van der Waals surface area contributed by atoms with E-state index >= 15 is 0 Å². The second-order valence-electron chi connectivity index (χ2n) is 9.20. The van der Waals surface area contributed by atoms with Gasteiger partial charge in [-0.05, 0) is 84.8 Å². The minimum atomic E-state index is -4.29. The van der Waals surface area contributed by atoms with Crippen LogP contribution in [-0.4, -0.2) is 15.1 Å². The molecule has 1 fully saturated rings. The molecule has 0 saturated heterocycles. The molecule has 1 N–H and O–H groups in total. The largest absolute Gasteiger partial charge is 0.446 e. The number of nitrogens with one attached hydrogen (secondary N) is 1. The molecule has 2 aromatic carbocycles. The molecule has 0 amide bonds. The third kappa shape index (κ3) is 5.40. The van der Waals surface area contributed by atoms with Crippen molar-refractivity contribution < 1.29 is 13.2 Å². The van der Waals surface area contributed by atoms with Crippen LogP contribution in [-0.2, 0) is 0 Å². The van der Waals surface area contributed by atoms with Crippen LogP contribution in [0.5, 0.6) is 0 Å². The Morgan fingerprint density at radius 1 is 1.13 bits per heavy atom. The predicted molar refractivity (Wildman–Crippen MR) is 125 cm³/mol. The fourth-order valence-corrected chi connectivity index (χ4v) is 5.78. The zero-order valence-corrected chi connectivity index (χ0v) is 20.0. The average molecular weight is 512 g/mol. The number of rotatable bonds is 4. The van der Waals surface area contributed by atoms with Gasteiger partial charge in [-0.1, -0.05) is 36.7 Å². The third-order valence-electron chi connectivity index (χ3n) is 5.72. The van der Waals surface area contributed by atoms with Crippen LogP contribution in [0.15, 0.2) is 51.8 Å². The number of thioether (sulfide) groups is 1. The predicted octanol–water partition coefficient (Wildman–Crippen LogP) is 8.54. The van der Waals surface area contributed by atoms with E-state index < -0.39 is 5.51 Å². The molecule has 1 heterocycles. The average Bonchev–Trinajstić information content (AvgIpc) is 2.97. The molecule has 0 spiro atoms. The molecule has 1 aliphatic rings. The van der Waals surface area contributed by atoms with Gasteiger partial charge in [-0.15, -0.1) is 0 Å². The van der Waals surface area contributed by atoms with Crippen molar-refractivity contribution in [2.75, 3.05) is 5.32 Å². The summed E-state index contributed by atoms with van der Waals surface area (Å²) in [7, 11) is 0. The first-order valence-corrected chi connectivity index (χ1v) is 11.9.